The van der Waals surface area contributed by atoms with E-state index in [2.05, 4.69) is 37.4 Å². The number of carbonyl (C=O) groups is 3. The molecule has 1 aliphatic heterocycles. The smallest absolute Gasteiger partial charge is 0.313 e. The molecular weight excluding hydrogens is 442 g/mol. The summed E-state index contributed by atoms with van der Waals surface area (Å²) >= 11 is 0. The van der Waals surface area contributed by atoms with Gasteiger partial charge in [-0.05, 0) is 44.4 Å². The summed E-state index contributed by atoms with van der Waals surface area (Å²) in [6.45, 7) is 8.39. The van der Waals surface area contributed by atoms with Crippen molar-refractivity contribution in [2.75, 3.05) is 0 Å². The van der Waals surface area contributed by atoms with Gasteiger partial charge in [0.25, 0.3) is 0 Å². The first kappa shape index (κ1) is 30.9. The molecule has 1 saturated heterocycles. The molecule has 200 valence electrons. The average Bonchev–Trinajstić information content (AvgIpc) is 2.81. The van der Waals surface area contributed by atoms with Gasteiger partial charge in [-0.2, -0.15) is 0 Å². The third-order valence-electron chi connectivity index (χ3n) is 6.44. The van der Waals surface area contributed by atoms with Crippen LogP contribution in [0, 0.1) is 17.8 Å². The molecule has 1 N–H and O–H groups in total. The maximum atomic E-state index is 13.1. The molecule has 0 spiro atoms. The summed E-state index contributed by atoms with van der Waals surface area (Å²) in [7, 11) is 0. The van der Waals surface area contributed by atoms with Crippen LogP contribution < -0.4 is 5.32 Å². The first-order valence-electron chi connectivity index (χ1n) is 13.8. The lowest BCUT2D eigenvalue weighted by molar-refractivity contribution is -0.189. The van der Waals surface area contributed by atoms with Crippen LogP contribution in [0.2, 0.25) is 0 Å². The number of esters is 2. The highest BCUT2D eigenvalue weighted by atomic mass is 16.6. The second kappa shape index (κ2) is 19.1. The Morgan fingerprint density at radius 1 is 1.03 bits per heavy atom. The van der Waals surface area contributed by atoms with E-state index in [9.17, 15) is 14.4 Å². The van der Waals surface area contributed by atoms with E-state index < -0.39 is 12.1 Å². The largest absolute Gasteiger partial charge is 0.461 e. The van der Waals surface area contributed by atoms with Crippen molar-refractivity contribution in [3.8, 4) is 0 Å². The molecule has 1 rings (SSSR count). The molecule has 0 aromatic heterocycles. The minimum Gasteiger partial charge on any atom is -0.461 e. The number of hydrogen-bond acceptors (Lipinski definition) is 5. The fraction of sp³-hybridized carbons (Fsp3) is 0.759. The van der Waals surface area contributed by atoms with Crippen LogP contribution >= 0.6 is 0 Å². The van der Waals surface area contributed by atoms with Gasteiger partial charge in [0, 0.05) is 6.42 Å². The van der Waals surface area contributed by atoms with Gasteiger partial charge in [0.2, 0.25) is 6.41 Å². The van der Waals surface area contributed by atoms with Crippen molar-refractivity contribution < 1.29 is 23.9 Å². The summed E-state index contributed by atoms with van der Waals surface area (Å²) in [5.41, 5.74) is 0. The second-order valence-corrected chi connectivity index (χ2v) is 10.1. The van der Waals surface area contributed by atoms with Crippen LogP contribution in [-0.2, 0) is 23.9 Å². The second-order valence-electron chi connectivity index (χ2n) is 10.1. The van der Waals surface area contributed by atoms with Crippen molar-refractivity contribution in [1.29, 1.82) is 0 Å². The van der Waals surface area contributed by atoms with Gasteiger partial charge in [-0.3, -0.25) is 14.4 Å². The topological polar surface area (TPSA) is 81.7 Å². The van der Waals surface area contributed by atoms with Crippen LogP contribution in [0.4, 0.5) is 0 Å². The molecule has 6 nitrogen and oxygen atoms in total. The fourth-order valence-electron chi connectivity index (χ4n) is 4.33. The predicted octanol–water partition coefficient (Wildman–Crippen LogP) is 6.64. The minimum atomic E-state index is -0.647. The van der Waals surface area contributed by atoms with E-state index in [4.69, 9.17) is 9.47 Å². The molecule has 35 heavy (non-hydrogen) atoms. The molecule has 0 aliphatic carbocycles. The zero-order valence-corrected chi connectivity index (χ0v) is 22.5. The molecule has 0 bridgehead atoms. The summed E-state index contributed by atoms with van der Waals surface area (Å²) in [6.07, 6.45) is 20.5. The van der Waals surface area contributed by atoms with Crippen LogP contribution in [0.1, 0.15) is 111 Å². The standard InChI is InChI=1S/C29H49NO5/c1-5-7-9-11-12-13-14-15-16-18-24(28(32)35-27(30-22-31)20-23(3)4)21-26-25(29(33)34-26)19-17-10-8-6-2/h12-13,15-16,22-27H,5-11,14,17-21H2,1-4H3,(H,30,31)/b13-12+,16-15+/t24-,25+,26+,27+/m1/s1. The van der Waals surface area contributed by atoms with E-state index in [1.54, 1.807) is 0 Å². The highest BCUT2D eigenvalue weighted by Crippen LogP contribution is 2.33. The number of ether oxygens (including phenoxy) is 2. The lowest BCUT2D eigenvalue weighted by Crippen LogP contribution is -2.47. The molecule has 0 aromatic rings. The minimum absolute atomic E-state index is 0.128. The van der Waals surface area contributed by atoms with E-state index in [1.807, 2.05) is 19.9 Å². The normalized spacial score (nSPS) is 19.5. The van der Waals surface area contributed by atoms with Gasteiger partial charge in [-0.1, -0.05) is 90.5 Å². The van der Waals surface area contributed by atoms with Crippen molar-refractivity contribution in [3.63, 3.8) is 0 Å². The van der Waals surface area contributed by atoms with Gasteiger partial charge in [-0.25, -0.2) is 0 Å². The third-order valence-corrected chi connectivity index (χ3v) is 6.44. The molecule has 0 radical (unpaired) electrons. The van der Waals surface area contributed by atoms with Gasteiger partial charge in [0.15, 0.2) is 6.23 Å². The summed E-state index contributed by atoms with van der Waals surface area (Å²) in [5.74, 6) is -0.779. The van der Waals surface area contributed by atoms with Crippen molar-refractivity contribution in [3.05, 3.63) is 24.3 Å². The Kier molecular flexibility index (Phi) is 16.9. The number of amides is 1. The van der Waals surface area contributed by atoms with Crippen LogP contribution in [0.3, 0.4) is 0 Å². The van der Waals surface area contributed by atoms with Gasteiger partial charge in [0.05, 0.1) is 11.8 Å². The molecule has 1 amide bonds. The Morgan fingerprint density at radius 2 is 1.74 bits per heavy atom. The SMILES string of the molecule is CCCCC/C=C/C/C=C/C[C@H](C[C@@H]1OC(=O)[C@H]1CCCCCC)C(=O)O[C@@H](CC(C)C)NC=O. The number of hydrogen-bond donors (Lipinski definition) is 1. The number of nitrogens with one attached hydrogen (secondary N) is 1. The average molecular weight is 492 g/mol. The number of unbranched alkanes of at least 4 members (excludes halogenated alkanes) is 6. The number of carbonyl (C=O) groups excluding carboxylic acids is 3. The highest BCUT2D eigenvalue weighted by Gasteiger charge is 2.43. The number of rotatable bonds is 21. The van der Waals surface area contributed by atoms with Crippen molar-refractivity contribution in [2.24, 2.45) is 17.8 Å². The Labute approximate surface area is 213 Å². The fourth-order valence-corrected chi connectivity index (χ4v) is 4.33. The Balaban J connectivity index is 2.71. The molecule has 6 heteroatoms. The van der Waals surface area contributed by atoms with E-state index >= 15 is 0 Å². The monoisotopic (exact) mass is 491 g/mol. The first-order chi connectivity index (χ1) is 16.9. The Bertz CT molecular complexity index is 657. The Hall–Kier alpha value is -2.11. The number of cyclic esters (lactones) is 1. The van der Waals surface area contributed by atoms with E-state index in [0.29, 0.717) is 25.7 Å². The van der Waals surface area contributed by atoms with Gasteiger partial charge >= 0.3 is 11.9 Å². The molecule has 1 heterocycles. The van der Waals surface area contributed by atoms with E-state index in [-0.39, 0.29) is 29.9 Å². The van der Waals surface area contributed by atoms with Gasteiger partial charge < -0.3 is 14.8 Å². The lowest BCUT2D eigenvalue weighted by Gasteiger charge is -2.37. The molecular formula is C29H49NO5. The molecule has 1 aliphatic rings. The Morgan fingerprint density at radius 3 is 2.40 bits per heavy atom. The first-order valence-corrected chi connectivity index (χ1v) is 13.8. The summed E-state index contributed by atoms with van der Waals surface area (Å²) in [4.78, 5) is 36.1. The summed E-state index contributed by atoms with van der Waals surface area (Å²) in [6, 6.07) is 0. The predicted molar refractivity (Wildman–Crippen MR) is 140 cm³/mol. The quantitative estimate of drug-likeness (QED) is 0.0640. The number of allylic oxidation sites excluding steroid dienone is 4. The lowest BCUT2D eigenvalue weighted by atomic mass is 9.84. The molecule has 0 unspecified atom stereocenters. The van der Waals surface area contributed by atoms with Gasteiger partial charge in [-0.15, -0.1) is 0 Å². The maximum absolute atomic E-state index is 13.1. The van der Waals surface area contributed by atoms with Crippen LogP contribution in [-0.4, -0.2) is 30.7 Å². The van der Waals surface area contributed by atoms with Crippen LogP contribution in [0.5, 0.6) is 0 Å². The summed E-state index contributed by atoms with van der Waals surface area (Å²) in [5, 5.41) is 2.61. The van der Waals surface area contributed by atoms with Crippen molar-refractivity contribution in [1.82, 2.24) is 5.32 Å². The highest BCUT2D eigenvalue weighted by molar-refractivity contribution is 5.79. The molecule has 0 saturated carbocycles. The van der Waals surface area contributed by atoms with Gasteiger partial charge in [0.1, 0.15) is 6.10 Å². The molecule has 1 fully saturated rings. The zero-order chi connectivity index (χ0) is 25.9. The molecule has 4 atom stereocenters. The third kappa shape index (κ3) is 13.5. The van der Waals surface area contributed by atoms with Crippen molar-refractivity contribution in [2.45, 2.75) is 123 Å². The molecule has 0 aromatic carbocycles. The van der Waals surface area contributed by atoms with Crippen LogP contribution in [0.15, 0.2) is 24.3 Å². The van der Waals surface area contributed by atoms with E-state index in [1.165, 1.54) is 25.7 Å². The maximum Gasteiger partial charge on any atom is 0.313 e. The van der Waals surface area contributed by atoms with Crippen LogP contribution in [0.25, 0.3) is 0 Å². The zero-order valence-electron chi connectivity index (χ0n) is 22.5. The summed E-state index contributed by atoms with van der Waals surface area (Å²) < 4.78 is 11.1. The van der Waals surface area contributed by atoms with E-state index in [0.717, 1.165) is 38.5 Å². The van der Waals surface area contributed by atoms with Crippen molar-refractivity contribution >= 4 is 18.3 Å².